The predicted octanol–water partition coefficient (Wildman–Crippen LogP) is 6.11. The van der Waals surface area contributed by atoms with Gasteiger partial charge in [-0.3, -0.25) is 4.79 Å². The number of thiophene rings is 1. The van der Waals surface area contributed by atoms with Crippen LogP contribution in [0.4, 0.5) is 5.69 Å². The summed E-state index contributed by atoms with van der Waals surface area (Å²) in [6.07, 6.45) is 0.808. The molecule has 2 aromatic carbocycles. The van der Waals surface area contributed by atoms with E-state index in [1.54, 1.807) is 35.2 Å². The highest BCUT2D eigenvalue weighted by Gasteiger charge is 2.18. The van der Waals surface area contributed by atoms with Crippen molar-refractivity contribution in [3.05, 3.63) is 69.4 Å². The molecule has 0 saturated carbocycles. The molecule has 0 bridgehead atoms. The van der Waals surface area contributed by atoms with Gasteiger partial charge in [-0.1, -0.05) is 29.8 Å². The standard InChI is InChI=1S/C21H18ClNO3S2/c22-16-11-18-19(26-9-4-8-25-18)12-17(16)23-21(24)15-6-1-2-7-20(15)28-13-14-5-3-10-27-14/h1-3,5-7,10-12H,4,8-9,13H2,(H,23,24). The first-order chi connectivity index (χ1) is 13.7. The van der Waals surface area contributed by atoms with E-state index >= 15 is 0 Å². The van der Waals surface area contributed by atoms with E-state index in [0.717, 1.165) is 17.1 Å². The number of amides is 1. The highest BCUT2D eigenvalue weighted by molar-refractivity contribution is 7.98. The van der Waals surface area contributed by atoms with Gasteiger partial charge in [-0.25, -0.2) is 0 Å². The van der Waals surface area contributed by atoms with Crippen molar-refractivity contribution in [2.24, 2.45) is 0 Å². The molecule has 0 atom stereocenters. The summed E-state index contributed by atoms with van der Waals surface area (Å²) < 4.78 is 11.3. The third-order valence-electron chi connectivity index (χ3n) is 4.17. The van der Waals surface area contributed by atoms with Gasteiger partial charge in [-0.2, -0.15) is 0 Å². The second kappa shape index (κ2) is 8.90. The van der Waals surface area contributed by atoms with Gasteiger partial charge in [0, 0.05) is 34.1 Å². The maximum absolute atomic E-state index is 12.9. The highest BCUT2D eigenvalue weighted by atomic mass is 35.5. The maximum atomic E-state index is 12.9. The largest absolute Gasteiger partial charge is 0.490 e. The Kier molecular flexibility index (Phi) is 6.10. The number of benzene rings is 2. The van der Waals surface area contributed by atoms with Crippen molar-refractivity contribution >= 4 is 46.3 Å². The first kappa shape index (κ1) is 19.2. The number of halogens is 1. The second-order valence-electron chi connectivity index (χ2n) is 6.15. The fraction of sp³-hybridized carbons (Fsp3) is 0.190. The molecule has 1 aromatic heterocycles. The van der Waals surface area contributed by atoms with Crippen LogP contribution in [0.25, 0.3) is 0 Å². The van der Waals surface area contributed by atoms with E-state index in [1.165, 1.54) is 4.88 Å². The molecular weight excluding hydrogens is 414 g/mol. The van der Waals surface area contributed by atoms with Gasteiger partial charge in [0.25, 0.3) is 5.91 Å². The molecule has 0 saturated heterocycles. The van der Waals surface area contributed by atoms with Crippen molar-refractivity contribution in [1.29, 1.82) is 0 Å². The molecule has 1 aliphatic rings. The Hall–Kier alpha value is -2.15. The molecule has 144 valence electrons. The minimum atomic E-state index is -0.203. The number of ether oxygens (including phenoxy) is 2. The van der Waals surface area contributed by atoms with Gasteiger partial charge in [0.1, 0.15) is 0 Å². The molecule has 4 rings (SSSR count). The van der Waals surface area contributed by atoms with Crippen LogP contribution in [0, 0.1) is 0 Å². The molecule has 28 heavy (non-hydrogen) atoms. The third kappa shape index (κ3) is 4.46. The maximum Gasteiger partial charge on any atom is 0.256 e. The number of nitrogens with one attached hydrogen (secondary N) is 1. The van der Waals surface area contributed by atoms with Crippen LogP contribution >= 0.6 is 34.7 Å². The number of carbonyl (C=O) groups excluding carboxylic acids is 1. The zero-order chi connectivity index (χ0) is 19.3. The van der Waals surface area contributed by atoms with Gasteiger partial charge < -0.3 is 14.8 Å². The van der Waals surface area contributed by atoms with Crippen molar-refractivity contribution in [1.82, 2.24) is 0 Å². The fourth-order valence-corrected chi connectivity index (χ4v) is 4.82. The van der Waals surface area contributed by atoms with E-state index in [2.05, 4.69) is 16.8 Å². The third-order valence-corrected chi connectivity index (χ3v) is 6.66. The van der Waals surface area contributed by atoms with Gasteiger partial charge >= 0.3 is 0 Å². The van der Waals surface area contributed by atoms with Crippen molar-refractivity contribution in [2.75, 3.05) is 18.5 Å². The van der Waals surface area contributed by atoms with Crippen LogP contribution in [-0.4, -0.2) is 19.1 Å². The first-order valence-corrected chi connectivity index (χ1v) is 11.1. The zero-order valence-corrected chi connectivity index (χ0v) is 17.3. The Morgan fingerprint density at radius 2 is 1.89 bits per heavy atom. The van der Waals surface area contributed by atoms with Gasteiger partial charge in [-0.05, 0) is 23.6 Å². The van der Waals surface area contributed by atoms with E-state index in [4.69, 9.17) is 21.1 Å². The average Bonchev–Trinajstić information content (AvgIpc) is 3.13. The number of rotatable bonds is 5. The average molecular weight is 432 g/mol. The summed E-state index contributed by atoms with van der Waals surface area (Å²) >= 11 is 9.72. The summed E-state index contributed by atoms with van der Waals surface area (Å²) in [4.78, 5) is 15.1. The minimum absolute atomic E-state index is 0.203. The molecular formula is C21H18ClNO3S2. The van der Waals surface area contributed by atoms with E-state index in [-0.39, 0.29) is 5.91 Å². The lowest BCUT2D eigenvalue weighted by molar-refractivity contribution is 0.102. The topological polar surface area (TPSA) is 47.6 Å². The van der Waals surface area contributed by atoms with E-state index in [0.29, 0.717) is 41.0 Å². The SMILES string of the molecule is O=C(Nc1cc2c(cc1Cl)OCCCO2)c1ccccc1SCc1cccs1. The molecule has 1 N–H and O–H groups in total. The monoisotopic (exact) mass is 431 g/mol. The molecule has 3 aromatic rings. The summed E-state index contributed by atoms with van der Waals surface area (Å²) in [5, 5.41) is 5.39. The summed E-state index contributed by atoms with van der Waals surface area (Å²) in [7, 11) is 0. The van der Waals surface area contributed by atoms with E-state index < -0.39 is 0 Å². The fourth-order valence-electron chi connectivity index (χ4n) is 2.79. The Morgan fingerprint density at radius 3 is 2.68 bits per heavy atom. The second-order valence-corrected chi connectivity index (χ2v) is 8.60. The van der Waals surface area contributed by atoms with Crippen LogP contribution in [0.15, 0.2) is 58.8 Å². The summed E-state index contributed by atoms with van der Waals surface area (Å²) in [5.74, 6) is 1.82. The number of hydrogen-bond donors (Lipinski definition) is 1. The molecule has 1 amide bonds. The summed E-state index contributed by atoms with van der Waals surface area (Å²) in [6, 6.07) is 15.1. The van der Waals surface area contributed by atoms with Crippen LogP contribution < -0.4 is 14.8 Å². The lowest BCUT2D eigenvalue weighted by Crippen LogP contribution is -2.13. The van der Waals surface area contributed by atoms with Crippen molar-refractivity contribution in [3.8, 4) is 11.5 Å². The first-order valence-electron chi connectivity index (χ1n) is 8.85. The van der Waals surface area contributed by atoms with Gasteiger partial charge in [0.05, 0.1) is 29.5 Å². The number of hydrogen-bond acceptors (Lipinski definition) is 5. The Balaban J connectivity index is 1.53. The van der Waals surface area contributed by atoms with Crippen LogP contribution in [0.1, 0.15) is 21.7 Å². The predicted molar refractivity (Wildman–Crippen MR) is 115 cm³/mol. The summed E-state index contributed by atoms with van der Waals surface area (Å²) in [6.45, 7) is 1.16. The highest BCUT2D eigenvalue weighted by Crippen LogP contribution is 2.38. The minimum Gasteiger partial charge on any atom is -0.490 e. The van der Waals surface area contributed by atoms with E-state index in [1.807, 2.05) is 30.3 Å². The van der Waals surface area contributed by atoms with Crippen LogP contribution in [-0.2, 0) is 5.75 Å². The lowest BCUT2D eigenvalue weighted by atomic mass is 10.2. The molecule has 0 spiro atoms. The number of thioether (sulfide) groups is 1. The smallest absolute Gasteiger partial charge is 0.256 e. The molecule has 7 heteroatoms. The summed E-state index contributed by atoms with van der Waals surface area (Å²) in [5.41, 5.74) is 1.13. The van der Waals surface area contributed by atoms with Crippen molar-refractivity contribution in [3.63, 3.8) is 0 Å². The Morgan fingerprint density at radius 1 is 1.11 bits per heavy atom. The Bertz CT molecular complexity index is 976. The van der Waals surface area contributed by atoms with Crippen LogP contribution in [0.2, 0.25) is 5.02 Å². The quantitative estimate of drug-likeness (QED) is 0.495. The lowest BCUT2D eigenvalue weighted by Gasteiger charge is -2.14. The van der Waals surface area contributed by atoms with Crippen molar-refractivity contribution in [2.45, 2.75) is 17.1 Å². The van der Waals surface area contributed by atoms with Gasteiger partial charge in [-0.15, -0.1) is 23.1 Å². The Labute approximate surface area is 176 Å². The van der Waals surface area contributed by atoms with Crippen molar-refractivity contribution < 1.29 is 14.3 Å². The van der Waals surface area contributed by atoms with Gasteiger partial charge in [0.2, 0.25) is 0 Å². The molecule has 0 unspecified atom stereocenters. The molecule has 0 radical (unpaired) electrons. The molecule has 0 aliphatic carbocycles. The van der Waals surface area contributed by atoms with Crippen LogP contribution in [0.5, 0.6) is 11.5 Å². The molecule has 0 fully saturated rings. The molecule has 1 aliphatic heterocycles. The number of anilines is 1. The normalized spacial score (nSPS) is 13.0. The molecule has 4 nitrogen and oxygen atoms in total. The number of carbonyl (C=O) groups is 1. The zero-order valence-electron chi connectivity index (χ0n) is 14.9. The number of fused-ring (bicyclic) bond motifs is 1. The van der Waals surface area contributed by atoms with E-state index in [9.17, 15) is 4.79 Å². The molecule has 2 heterocycles. The van der Waals surface area contributed by atoms with Gasteiger partial charge in [0.15, 0.2) is 11.5 Å². The van der Waals surface area contributed by atoms with Crippen LogP contribution in [0.3, 0.4) is 0 Å².